The molecule has 0 spiro atoms. The van der Waals surface area contributed by atoms with Crippen LogP contribution in [-0.2, 0) is 12.1 Å². The standard InChI is InChI=1S/C23H21F2N7O2/c1-15(16-3-6-18(7-4-16)32-10-9-21(30-32)29-22(33)26-2)23(34,12-31-14-27-13-28-31)19-8-5-17(24)11-20(19)25/h3-11,13-14,34H,1,12H2,2H3,(H2,26,29,30,33). The van der Waals surface area contributed by atoms with Gasteiger partial charge in [0.2, 0.25) is 0 Å². The van der Waals surface area contributed by atoms with Crippen molar-refractivity contribution in [2.45, 2.75) is 12.1 Å². The van der Waals surface area contributed by atoms with Gasteiger partial charge >= 0.3 is 6.03 Å². The number of carbonyl (C=O) groups excluding carboxylic acids is 1. The zero-order valence-corrected chi connectivity index (χ0v) is 18.1. The smallest absolute Gasteiger partial charge is 0.320 e. The molecule has 11 heteroatoms. The van der Waals surface area contributed by atoms with Gasteiger partial charge in [-0.3, -0.25) is 5.32 Å². The van der Waals surface area contributed by atoms with Gasteiger partial charge in [-0.05, 0) is 35.4 Å². The lowest BCUT2D eigenvalue weighted by atomic mass is 9.82. The number of anilines is 1. The highest BCUT2D eigenvalue weighted by Crippen LogP contribution is 2.38. The van der Waals surface area contributed by atoms with Crippen molar-refractivity contribution >= 4 is 17.4 Å². The van der Waals surface area contributed by atoms with Gasteiger partial charge in [0.15, 0.2) is 5.82 Å². The fourth-order valence-electron chi connectivity index (χ4n) is 3.48. The van der Waals surface area contributed by atoms with E-state index in [4.69, 9.17) is 0 Å². The molecule has 2 aromatic heterocycles. The zero-order chi connectivity index (χ0) is 24.3. The summed E-state index contributed by atoms with van der Waals surface area (Å²) in [6.07, 6.45) is 4.34. The molecule has 2 amide bonds. The van der Waals surface area contributed by atoms with Crippen LogP contribution in [0.3, 0.4) is 0 Å². The third-order valence-corrected chi connectivity index (χ3v) is 5.27. The average molecular weight is 465 g/mol. The Kier molecular flexibility index (Phi) is 6.19. The quantitative estimate of drug-likeness (QED) is 0.389. The van der Waals surface area contributed by atoms with E-state index in [1.165, 1.54) is 30.5 Å². The van der Waals surface area contributed by atoms with Gasteiger partial charge in [0.1, 0.15) is 29.9 Å². The maximum absolute atomic E-state index is 14.7. The van der Waals surface area contributed by atoms with Crippen molar-refractivity contribution < 1.29 is 18.7 Å². The van der Waals surface area contributed by atoms with E-state index in [9.17, 15) is 18.7 Å². The Morgan fingerprint density at radius 1 is 1.18 bits per heavy atom. The van der Waals surface area contributed by atoms with Crippen LogP contribution in [0.25, 0.3) is 11.3 Å². The molecule has 2 aromatic carbocycles. The summed E-state index contributed by atoms with van der Waals surface area (Å²) in [6.45, 7) is 3.83. The zero-order valence-electron chi connectivity index (χ0n) is 18.1. The molecule has 1 atom stereocenters. The first-order valence-electron chi connectivity index (χ1n) is 10.1. The lowest BCUT2D eigenvalue weighted by Gasteiger charge is -2.31. The van der Waals surface area contributed by atoms with Gasteiger partial charge in [0.25, 0.3) is 0 Å². The summed E-state index contributed by atoms with van der Waals surface area (Å²) in [5, 5.41) is 24.9. The monoisotopic (exact) mass is 465 g/mol. The number of amides is 2. The summed E-state index contributed by atoms with van der Waals surface area (Å²) in [5.74, 6) is -1.31. The van der Waals surface area contributed by atoms with E-state index >= 15 is 0 Å². The Bertz CT molecular complexity index is 1320. The van der Waals surface area contributed by atoms with Crippen LogP contribution < -0.4 is 10.6 Å². The molecular weight excluding hydrogens is 444 g/mol. The summed E-state index contributed by atoms with van der Waals surface area (Å²) in [6, 6.07) is 11.1. The van der Waals surface area contributed by atoms with Crippen LogP contribution in [0, 0.1) is 11.6 Å². The van der Waals surface area contributed by atoms with Crippen LogP contribution in [0.15, 0.2) is 74.0 Å². The number of aromatic nitrogens is 5. The molecule has 0 saturated heterocycles. The summed E-state index contributed by atoms with van der Waals surface area (Å²) in [5.41, 5.74) is -0.707. The second-order valence-corrected chi connectivity index (χ2v) is 7.45. The van der Waals surface area contributed by atoms with Gasteiger partial charge in [0, 0.05) is 30.9 Å². The number of hydrogen-bond donors (Lipinski definition) is 3. The van der Waals surface area contributed by atoms with E-state index in [1.54, 1.807) is 41.2 Å². The summed E-state index contributed by atoms with van der Waals surface area (Å²) < 4.78 is 31.1. The molecule has 0 aliphatic rings. The maximum atomic E-state index is 14.7. The molecule has 0 bridgehead atoms. The second-order valence-electron chi connectivity index (χ2n) is 7.45. The van der Waals surface area contributed by atoms with Gasteiger partial charge in [-0.25, -0.2) is 27.9 Å². The Morgan fingerprint density at radius 3 is 2.59 bits per heavy atom. The Morgan fingerprint density at radius 2 is 1.94 bits per heavy atom. The molecule has 3 N–H and O–H groups in total. The molecular formula is C23H21F2N7O2. The van der Waals surface area contributed by atoms with E-state index in [0.29, 0.717) is 23.1 Å². The minimum Gasteiger partial charge on any atom is -0.378 e. The van der Waals surface area contributed by atoms with Crippen molar-refractivity contribution in [3.63, 3.8) is 0 Å². The van der Waals surface area contributed by atoms with Crippen molar-refractivity contribution in [2.24, 2.45) is 0 Å². The van der Waals surface area contributed by atoms with Crippen LogP contribution >= 0.6 is 0 Å². The van der Waals surface area contributed by atoms with Crippen LogP contribution in [0.2, 0.25) is 0 Å². The maximum Gasteiger partial charge on any atom is 0.320 e. The predicted molar refractivity (Wildman–Crippen MR) is 121 cm³/mol. The van der Waals surface area contributed by atoms with E-state index in [1.807, 2.05) is 0 Å². The Labute approximate surface area is 193 Å². The van der Waals surface area contributed by atoms with E-state index in [0.717, 1.165) is 6.07 Å². The lowest BCUT2D eigenvalue weighted by Crippen LogP contribution is -2.34. The number of nitrogens with one attached hydrogen (secondary N) is 2. The van der Waals surface area contributed by atoms with Crippen LogP contribution in [-0.4, -0.2) is 42.7 Å². The van der Waals surface area contributed by atoms with Crippen LogP contribution in [0.4, 0.5) is 19.4 Å². The first-order valence-corrected chi connectivity index (χ1v) is 10.1. The number of nitrogens with zero attached hydrogens (tertiary/aromatic N) is 5. The summed E-state index contributed by atoms with van der Waals surface area (Å²) in [4.78, 5) is 15.3. The summed E-state index contributed by atoms with van der Waals surface area (Å²) in [7, 11) is 1.50. The molecule has 0 radical (unpaired) electrons. The number of carbonyl (C=O) groups is 1. The third-order valence-electron chi connectivity index (χ3n) is 5.27. The SMILES string of the molecule is C=C(c1ccc(-n2ccc(NC(=O)NC)n2)cc1)C(O)(Cn1cncn1)c1ccc(F)cc1F. The predicted octanol–water partition coefficient (Wildman–Crippen LogP) is 3.09. The normalized spacial score (nSPS) is 12.7. The van der Waals surface area contributed by atoms with Crippen molar-refractivity contribution in [1.29, 1.82) is 0 Å². The second kappa shape index (κ2) is 9.24. The molecule has 0 aliphatic heterocycles. The van der Waals surface area contributed by atoms with E-state index in [2.05, 4.69) is 32.4 Å². The molecule has 4 rings (SSSR count). The van der Waals surface area contributed by atoms with Crippen molar-refractivity contribution in [3.8, 4) is 5.69 Å². The highest BCUT2D eigenvalue weighted by molar-refractivity contribution is 5.87. The number of rotatable bonds is 7. The van der Waals surface area contributed by atoms with Crippen molar-refractivity contribution in [3.05, 3.63) is 96.7 Å². The van der Waals surface area contributed by atoms with Gasteiger partial charge in [0.05, 0.1) is 12.2 Å². The van der Waals surface area contributed by atoms with Crippen molar-refractivity contribution in [2.75, 3.05) is 12.4 Å². The third kappa shape index (κ3) is 4.55. The molecule has 0 saturated carbocycles. The van der Waals surface area contributed by atoms with Crippen LogP contribution in [0.5, 0.6) is 0 Å². The molecule has 0 fully saturated rings. The number of halogens is 2. The number of urea groups is 1. The fourth-order valence-corrected chi connectivity index (χ4v) is 3.48. The van der Waals surface area contributed by atoms with Crippen molar-refractivity contribution in [1.82, 2.24) is 29.9 Å². The minimum atomic E-state index is -1.94. The molecule has 174 valence electrons. The largest absolute Gasteiger partial charge is 0.378 e. The summed E-state index contributed by atoms with van der Waals surface area (Å²) >= 11 is 0. The van der Waals surface area contributed by atoms with Gasteiger partial charge in [-0.1, -0.05) is 18.7 Å². The molecule has 34 heavy (non-hydrogen) atoms. The number of hydrogen-bond acceptors (Lipinski definition) is 5. The van der Waals surface area contributed by atoms with Gasteiger partial charge in [-0.2, -0.15) is 5.10 Å². The minimum absolute atomic E-state index is 0.143. The highest BCUT2D eigenvalue weighted by Gasteiger charge is 2.37. The Balaban J connectivity index is 1.65. The molecule has 1 unspecified atom stereocenters. The van der Waals surface area contributed by atoms with E-state index in [-0.39, 0.29) is 17.7 Å². The number of aliphatic hydroxyl groups is 1. The highest BCUT2D eigenvalue weighted by atomic mass is 19.1. The number of benzene rings is 2. The van der Waals surface area contributed by atoms with E-state index < -0.39 is 23.3 Å². The first kappa shape index (κ1) is 22.8. The molecule has 0 aliphatic carbocycles. The average Bonchev–Trinajstić information content (AvgIpc) is 3.50. The first-order chi connectivity index (χ1) is 16.3. The van der Waals surface area contributed by atoms with Gasteiger partial charge < -0.3 is 10.4 Å². The molecule has 4 aromatic rings. The van der Waals surface area contributed by atoms with Crippen LogP contribution in [0.1, 0.15) is 11.1 Å². The fraction of sp³-hybridized carbons (Fsp3) is 0.130. The Hall–Kier alpha value is -4.38. The molecule has 9 nitrogen and oxygen atoms in total. The van der Waals surface area contributed by atoms with Gasteiger partial charge in [-0.15, -0.1) is 5.10 Å². The topological polar surface area (TPSA) is 110 Å². The lowest BCUT2D eigenvalue weighted by molar-refractivity contribution is 0.0726. The molecule has 2 heterocycles.